The maximum absolute atomic E-state index is 12.6. The Kier molecular flexibility index (Phi) is 5.07. The van der Waals surface area contributed by atoms with E-state index in [2.05, 4.69) is 10.2 Å². The Hall–Kier alpha value is -2.14. The molecule has 1 amide bonds. The number of amides is 1. The molecule has 1 saturated carbocycles. The summed E-state index contributed by atoms with van der Waals surface area (Å²) in [4.78, 5) is 14.5. The van der Waals surface area contributed by atoms with Gasteiger partial charge < -0.3 is 9.64 Å². The third-order valence-electron chi connectivity index (χ3n) is 5.13. The summed E-state index contributed by atoms with van der Waals surface area (Å²) in [6, 6.07) is 11.1. The summed E-state index contributed by atoms with van der Waals surface area (Å²) in [7, 11) is 0. The number of halogens is 1. The first-order valence-corrected chi connectivity index (χ1v) is 9.59. The van der Waals surface area contributed by atoms with E-state index in [9.17, 15) is 4.79 Å². The molecule has 2 heterocycles. The molecule has 1 aliphatic carbocycles. The lowest BCUT2D eigenvalue weighted by Crippen LogP contribution is -2.39. The maximum Gasteiger partial charge on any atom is 0.255 e. The van der Waals surface area contributed by atoms with Crippen molar-refractivity contribution in [2.24, 2.45) is 5.92 Å². The second-order valence-electron chi connectivity index (χ2n) is 7.10. The molecule has 0 unspecified atom stereocenters. The van der Waals surface area contributed by atoms with E-state index >= 15 is 0 Å². The number of hydrogen-bond donors (Lipinski definition) is 0. The lowest BCUT2D eigenvalue weighted by Gasteiger charge is -2.32. The van der Waals surface area contributed by atoms with Crippen LogP contribution in [0.5, 0.6) is 5.88 Å². The fourth-order valence-corrected chi connectivity index (χ4v) is 3.53. The van der Waals surface area contributed by atoms with E-state index in [1.54, 1.807) is 12.1 Å². The smallest absolute Gasteiger partial charge is 0.255 e. The topological polar surface area (TPSA) is 55.3 Å². The minimum atomic E-state index is 0.0106. The van der Waals surface area contributed by atoms with Gasteiger partial charge in [-0.1, -0.05) is 23.7 Å². The van der Waals surface area contributed by atoms with Gasteiger partial charge in [-0.25, -0.2) is 0 Å². The van der Waals surface area contributed by atoms with Crippen LogP contribution in [0.4, 0.5) is 0 Å². The summed E-state index contributed by atoms with van der Waals surface area (Å²) in [5.41, 5.74) is 1.65. The fraction of sp³-hybridized carbons (Fsp3) is 0.450. The second-order valence-corrected chi connectivity index (χ2v) is 7.50. The number of rotatable bonds is 5. The molecule has 1 saturated heterocycles. The number of piperidine rings is 1. The van der Waals surface area contributed by atoms with Gasteiger partial charge in [0.25, 0.3) is 5.91 Å². The Morgan fingerprint density at radius 3 is 2.50 bits per heavy atom. The summed E-state index contributed by atoms with van der Waals surface area (Å²) < 4.78 is 5.80. The van der Waals surface area contributed by atoms with E-state index < -0.39 is 0 Å². The summed E-state index contributed by atoms with van der Waals surface area (Å²) in [5.74, 6) is 1.63. The average Bonchev–Trinajstić information content (AvgIpc) is 3.52. The van der Waals surface area contributed by atoms with Gasteiger partial charge in [-0.15, -0.1) is 5.10 Å². The summed E-state index contributed by atoms with van der Waals surface area (Å²) in [5, 5.41) is 8.92. The molecule has 0 N–H and O–H groups in total. The zero-order valence-corrected chi connectivity index (χ0v) is 15.4. The highest BCUT2D eigenvalue weighted by atomic mass is 35.5. The number of aromatic nitrogens is 2. The van der Waals surface area contributed by atoms with Crippen molar-refractivity contribution in [2.75, 3.05) is 19.7 Å². The maximum atomic E-state index is 12.6. The van der Waals surface area contributed by atoms with Crippen molar-refractivity contribution in [2.45, 2.75) is 31.6 Å². The first-order chi connectivity index (χ1) is 12.7. The van der Waals surface area contributed by atoms with Crippen molar-refractivity contribution in [3.05, 3.63) is 52.7 Å². The highest BCUT2D eigenvalue weighted by Gasteiger charge is 2.26. The standard InChI is InChI=1S/C20H22ClN3O2/c21-17-4-2-1-3-16(17)20(25)24-11-9-14(10-12-24)13-26-19-8-7-18(22-23-19)15-5-6-15/h1-4,7-8,14-15H,5-6,9-13H2. The van der Waals surface area contributed by atoms with Gasteiger partial charge in [0.1, 0.15) is 0 Å². The van der Waals surface area contributed by atoms with Gasteiger partial charge >= 0.3 is 0 Å². The number of benzene rings is 1. The third-order valence-corrected chi connectivity index (χ3v) is 5.46. The van der Waals surface area contributed by atoms with Crippen LogP contribution in [0.2, 0.25) is 5.02 Å². The molecule has 136 valence electrons. The van der Waals surface area contributed by atoms with Crippen LogP contribution >= 0.6 is 11.6 Å². The molecule has 2 fully saturated rings. The molecule has 0 atom stereocenters. The summed E-state index contributed by atoms with van der Waals surface area (Å²) in [6.45, 7) is 2.07. The molecule has 0 bridgehead atoms. The number of nitrogens with zero attached hydrogens (tertiary/aromatic N) is 3. The van der Waals surface area contributed by atoms with Crippen molar-refractivity contribution in [3.63, 3.8) is 0 Å². The van der Waals surface area contributed by atoms with Gasteiger partial charge in [0.05, 0.1) is 22.9 Å². The van der Waals surface area contributed by atoms with Crippen LogP contribution in [-0.4, -0.2) is 40.7 Å². The summed E-state index contributed by atoms with van der Waals surface area (Å²) >= 11 is 6.14. The Morgan fingerprint density at radius 1 is 1.08 bits per heavy atom. The molecule has 4 rings (SSSR count). The number of ether oxygens (including phenoxy) is 1. The Bertz CT molecular complexity index is 769. The molecule has 0 radical (unpaired) electrons. The van der Waals surface area contributed by atoms with E-state index in [1.807, 2.05) is 29.2 Å². The minimum absolute atomic E-state index is 0.0106. The lowest BCUT2D eigenvalue weighted by molar-refractivity contribution is 0.0659. The number of carbonyl (C=O) groups is 1. The molecule has 2 aliphatic rings. The van der Waals surface area contributed by atoms with Crippen molar-refractivity contribution >= 4 is 17.5 Å². The molecular weight excluding hydrogens is 350 g/mol. The Morgan fingerprint density at radius 2 is 1.85 bits per heavy atom. The van der Waals surface area contributed by atoms with Crippen molar-refractivity contribution in [3.8, 4) is 5.88 Å². The Labute approximate surface area is 158 Å². The van der Waals surface area contributed by atoms with Crippen LogP contribution in [0.3, 0.4) is 0 Å². The fourth-order valence-electron chi connectivity index (χ4n) is 3.32. The van der Waals surface area contributed by atoms with Gasteiger partial charge in [0, 0.05) is 25.1 Å². The minimum Gasteiger partial charge on any atom is -0.476 e. The molecule has 1 aliphatic heterocycles. The van der Waals surface area contributed by atoms with Crippen LogP contribution in [0, 0.1) is 5.92 Å². The molecule has 1 aromatic carbocycles. The molecule has 6 heteroatoms. The molecule has 26 heavy (non-hydrogen) atoms. The molecule has 0 spiro atoms. The quantitative estimate of drug-likeness (QED) is 0.798. The average molecular weight is 372 g/mol. The largest absolute Gasteiger partial charge is 0.476 e. The van der Waals surface area contributed by atoms with Gasteiger partial charge in [-0.2, -0.15) is 5.10 Å². The monoisotopic (exact) mass is 371 g/mol. The van der Waals surface area contributed by atoms with Crippen LogP contribution in [0.25, 0.3) is 0 Å². The molecule has 2 aromatic rings. The van der Waals surface area contributed by atoms with Crippen molar-refractivity contribution in [1.29, 1.82) is 0 Å². The lowest BCUT2D eigenvalue weighted by atomic mass is 9.97. The number of likely N-dealkylation sites (tertiary alicyclic amines) is 1. The first kappa shape index (κ1) is 17.3. The Balaban J connectivity index is 1.25. The van der Waals surface area contributed by atoms with Crippen LogP contribution in [-0.2, 0) is 0 Å². The van der Waals surface area contributed by atoms with Crippen molar-refractivity contribution < 1.29 is 9.53 Å². The normalized spacial score (nSPS) is 18.0. The van der Waals surface area contributed by atoms with E-state index in [0.717, 1.165) is 31.6 Å². The highest BCUT2D eigenvalue weighted by molar-refractivity contribution is 6.33. The predicted molar refractivity (Wildman–Crippen MR) is 99.6 cm³/mol. The third kappa shape index (κ3) is 3.98. The van der Waals surface area contributed by atoms with E-state index in [-0.39, 0.29) is 5.91 Å². The molecule has 5 nitrogen and oxygen atoms in total. The second kappa shape index (κ2) is 7.62. The summed E-state index contributed by atoms with van der Waals surface area (Å²) in [6.07, 6.45) is 4.29. The van der Waals surface area contributed by atoms with Crippen LogP contribution < -0.4 is 4.74 Å². The van der Waals surface area contributed by atoms with E-state index in [4.69, 9.17) is 16.3 Å². The van der Waals surface area contributed by atoms with Crippen LogP contribution in [0.1, 0.15) is 47.7 Å². The molecular formula is C20H22ClN3O2. The number of hydrogen-bond acceptors (Lipinski definition) is 4. The van der Waals surface area contributed by atoms with Gasteiger partial charge in [-0.3, -0.25) is 4.79 Å². The van der Waals surface area contributed by atoms with Crippen LogP contribution in [0.15, 0.2) is 36.4 Å². The SMILES string of the molecule is O=C(c1ccccc1Cl)N1CCC(COc2ccc(C3CC3)nn2)CC1. The van der Waals surface area contributed by atoms with Crippen molar-refractivity contribution in [1.82, 2.24) is 15.1 Å². The predicted octanol–water partition coefficient (Wildman–Crippen LogP) is 3.94. The van der Waals surface area contributed by atoms with Gasteiger partial charge in [0.15, 0.2) is 0 Å². The first-order valence-electron chi connectivity index (χ1n) is 9.21. The van der Waals surface area contributed by atoms with Gasteiger partial charge in [-0.05, 0) is 49.8 Å². The zero-order valence-electron chi connectivity index (χ0n) is 14.6. The highest BCUT2D eigenvalue weighted by Crippen LogP contribution is 2.38. The molecule has 1 aromatic heterocycles. The van der Waals surface area contributed by atoms with E-state index in [0.29, 0.717) is 34.9 Å². The van der Waals surface area contributed by atoms with Gasteiger partial charge in [0.2, 0.25) is 5.88 Å². The van der Waals surface area contributed by atoms with E-state index in [1.165, 1.54) is 12.8 Å². The zero-order chi connectivity index (χ0) is 17.9. The number of carbonyl (C=O) groups excluding carboxylic acids is 1.